The number of methoxy groups -OCH3 is 1. The summed E-state index contributed by atoms with van der Waals surface area (Å²) in [7, 11) is 1.58. The van der Waals surface area contributed by atoms with Crippen LogP contribution < -0.4 is 0 Å². The van der Waals surface area contributed by atoms with E-state index < -0.39 is 72.3 Å². The second-order valence-electron chi connectivity index (χ2n) is 16.5. The van der Waals surface area contributed by atoms with Crippen molar-refractivity contribution in [3.8, 4) is 0 Å². The van der Waals surface area contributed by atoms with Crippen LogP contribution in [0.5, 0.6) is 0 Å². The topological polar surface area (TPSA) is 142 Å². The molecular formula is C41H62O11. The SMILES string of the molecule is CC[C@H](C)[C@H]1O[C@]2(CC[C@@H]1C)CC1C[C@@H](CC=C(C)[C@@H](O[C@H]3C[C@H](OC)[C@@H](O)[C@H](C)O3)[C@@H](C)C=CC=C3CO[C@@H]4[C@H](O)C(C)=C[C@@H](C(=O)O1)[C@]34O)O2. The molecule has 4 saturated heterocycles. The maximum Gasteiger partial charge on any atom is 0.316 e. The molecule has 3 N–H and O–H groups in total. The second kappa shape index (κ2) is 16.0. The average Bonchev–Trinajstić information content (AvgIpc) is 3.45. The van der Waals surface area contributed by atoms with Crippen LogP contribution in [0.3, 0.4) is 0 Å². The van der Waals surface area contributed by atoms with Crippen molar-refractivity contribution in [3.63, 3.8) is 0 Å². The van der Waals surface area contributed by atoms with Crippen LogP contribution in [0.2, 0.25) is 0 Å². The van der Waals surface area contributed by atoms with E-state index in [4.69, 9.17) is 33.2 Å². The normalized spacial score (nSPS) is 46.5. The molecule has 11 heteroatoms. The number of fused-ring (bicyclic) bond motifs is 2. The third kappa shape index (κ3) is 7.77. The summed E-state index contributed by atoms with van der Waals surface area (Å²) in [6, 6.07) is 0. The molecule has 292 valence electrons. The lowest BCUT2D eigenvalue weighted by atomic mass is 9.71. The molecule has 5 heterocycles. The van der Waals surface area contributed by atoms with Crippen LogP contribution in [0, 0.1) is 23.7 Å². The van der Waals surface area contributed by atoms with Crippen LogP contribution in [0.1, 0.15) is 93.4 Å². The van der Waals surface area contributed by atoms with Gasteiger partial charge in [0.25, 0.3) is 0 Å². The zero-order valence-corrected chi connectivity index (χ0v) is 32.2. The van der Waals surface area contributed by atoms with E-state index in [1.165, 1.54) is 0 Å². The number of hydrogen-bond acceptors (Lipinski definition) is 11. The van der Waals surface area contributed by atoms with Gasteiger partial charge in [-0.25, -0.2) is 0 Å². The predicted molar refractivity (Wildman–Crippen MR) is 193 cm³/mol. The molecule has 0 radical (unpaired) electrons. The van der Waals surface area contributed by atoms with Crippen LogP contribution in [0.4, 0.5) is 0 Å². The minimum atomic E-state index is -1.80. The van der Waals surface area contributed by atoms with Crippen molar-refractivity contribution < 1.29 is 53.3 Å². The van der Waals surface area contributed by atoms with E-state index in [2.05, 4.69) is 33.8 Å². The monoisotopic (exact) mass is 730 g/mol. The average molecular weight is 731 g/mol. The Morgan fingerprint density at radius 3 is 2.58 bits per heavy atom. The standard InChI is InChI=1S/C41H62O11/c1-9-22(2)37-25(5)15-16-40(52-37)20-30-18-29(51-40)14-13-24(4)36(50-33-19-32(46-8)35(43)27(7)48-33)23(3)11-10-12-28-21-47-38-34(42)26(6)17-31(39(44)49-30)41(28,38)45/h10-13,17,22-23,25,27,29-38,42-43,45H,9,14-16,18-21H2,1-8H3/t22-,23-,25-,27-,29+,30?,31-,32-,33-,34+,35-,36-,37+,38+,40+,41+/m0/s1. The highest BCUT2D eigenvalue weighted by molar-refractivity contribution is 5.78. The summed E-state index contributed by atoms with van der Waals surface area (Å²) in [5, 5.41) is 34.1. The molecule has 2 bridgehead atoms. The van der Waals surface area contributed by atoms with Gasteiger partial charge in [-0.15, -0.1) is 0 Å². The van der Waals surface area contributed by atoms with E-state index in [1.54, 1.807) is 26.2 Å². The molecule has 11 nitrogen and oxygen atoms in total. The van der Waals surface area contributed by atoms with Crippen LogP contribution in [0.25, 0.3) is 0 Å². The summed E-state index contributed by atoms with van der Waals surface area (Å²) >= 11 is 0. The maximum absolute atomic E-state index is 14.2. The lowest BCUT2D eigenvalue weighted by Crippen LogP contribution is -2.58. The Morgan fingerprint density at radius 2 is 1.85 bits per heavy atom. The Kier molecular flexibility index (Phi) is 12.3. The van der Waals surface area contributed by atoms with Gasteiger partial charge in [0.15, 0.2) is 12.1 Å². The number of esters is 1. The van der Waals surface area contributed by atoms with Gasteiger partial charge in [-0.05, 0) is 62.2 Å². The van der Waals surface area contributed by atoms with Gasteiger partial charge in [0.05, 0.1) is 37.1 Å². The first-order valence-corrected chi connectivity index (χ1v) is 19.5. The molecule has 0 saturated carbocycles. The number of allylic oxidation sites excluding steroid dienone is 2. The van der Waals surface area contributed by atoms with Crippen LogP contribution in [0.15, 0.2) is 47.1 Å². The summed E-state index contributed by atoms with van der Waals surface area (Å²) < 4.78 is 44.6. The fourth-order valence-corrected chi connectivity index (χ4v) is 9.27. The number of hydrogen-bond donors (Lipinski definition) is 3. The molecule has 1 unspecified atom stereocenters. The van der Waals surface area contributed by atoms with Gasteiger partial charge >= 0.3 is 5.97 Å². The molecule has 1 spiro atoms. The highest BCUT2D eigenvalue weighted by atomic mass is 16.7. The van der Waals surface area contributed by atoms with Crippen LogP contribution >= 0.6 is 0 Å². The molecule has 1 aliphatic carbocycles. The first-order chi connectivity index (χ1) is 24.7. The summed E-state index contributed by atoms with van der Waals surface area (Å²) in [5.74, 6) is -1.98. The molecule has 0 aromatic rings. The summed E-state index contributed by atoms with van der Waals surface area (Å²) in [4.78, 5) is 14.2. The molecule has 0 aromatic heterocycles. The van der Waals surface area contributed by atoms with Gasteiger partial charge in [0.1, 0.15) is 35.9 Å². The third-order valence-electron chi connectivity index (χ3n) is 12.7. The minimum absolute atomic E-state index is 0.0111. The molecule has 6 rings (SSSR count). The van der Waals surface area contributed by atoms with Crippen LogP contribution in [-0.2, 0) is 38.0 Å². The van der Waals surface area contributed by atoms with Gasteiger partial charge in [-0.1, -0.05) is 64.5 Å². The molecular weight excluding hydrogens is 668 g/mol. The van der Waals surface area contributed by atoms with E-state index in [0.29, 0.717) is 55.1 Å². The summed E-state index contributed by atoms with van der Waals surface area (Å²) in [6.07, 6.45) is 8.24. The smallest absolute Gasteiger partial charge is 0.316 e. The number of aliphatic hydroxyl groups excluding tert-OH is 2. The number of aliphatic hydroxyl groups is 3. The minimum Gasteiger partial charge on any atom is -0.462 e. The van der Waals surface area contributed by atoms with Crippen molar-refractivity contribution in [2.45, 2.75) is 166 Å². The third-order valence-corrected chi connectivity index (χ3v) is 12.7. The summed E-state index contributed by atoms with van der Waals surface area (Å²) in [5.41, 5.74) is 0.238. The van der Waals surface area contributed by atoms with Gasteiger partial charge in [-0.3, -0.25) is 4.79 Å². The van der Waals surface area contributed by atoms with Crippen molar-refractivity contribution >= 4 is 5.97 Å². The largest absolute Gasteiger partial charge is 0.462 e. The Morgan fingerprint density at radius 1 is 1.08 bits per heavy atom. The highest BCUT2D eigenvalue weighted by Gasteiger charge is 2.60. The first-order valence-electron chi connectivity index (χ1n) is 19.5. The molecule has 6 aliphatic rings. The van der Waals surface area contributed by atoms with Gasteiger partial charge in [0, 0.05) is 38.7 Å². The van der Waals surface area contributed by atoms with E-state index >= 15 is 0 Å². The Labute approximate surface area is 309 Å². The quantitative estimate of drug-likeness (QED) is 0.258. The molecule has 5 aliphatic heterocycles. The van der Waals surface area contributed by atoms with Crippen LogP contribution in [-0.4, -0.2) is 108 Å². The van der Waals surface area contributed by atoms with E-state index in [1.807, 2.05) is 26.0 Å². The number of ether oxygens (including phenoxy) is 7. The van der Waals surface area contributed by atoms with E-state index in [-0.39, 0.29) is 24.7 Å². The van der Waals surface area contributed by atoms with Crippen molar-refractivity contribution in [3.05, 3.63) is 47.1 Å². The lowest BCUT2D eigenvalue weighted by Gasteiger charge is -2.51. The lowest BCUT2D eigenvalue weighted by molar-refractivity contribution is -0.340. The van der Waals surface area contributed by atoms with Crippen molar-refractivity contribution in [2.24, 2.45) is 23.7 Å². The second-order valence-corrected chi connectivity index (χ2v) is 16.5. The molecule has 52 heavy (non-hydrogen) atoms. The van der Waals surface area contributed by atoms with Gasteiger partial charge in [0.2, 0.25) is 0 Å². The van der Waals surface area contributed by atoms with E-state index in [9.17, 15) is 20.1 Å². The molecule has 4 fully saturated rings. The Bertz CT molecular complexity index is 1400. The number of rotatable bonds is 5. The van der Waals surface area contributed by atoms with Gasteiger partial charge < -0.3 is 48.5 Å². The van der Waals surface area contributed by atoms with E-state index in [0.717, 1.165) is 18.4 Å². The zero-order chi connectivity index (χ0) is 37.5. The number of carbonyl (C=O) groups is 1. The fourth-order valence-electron chi connectivity index (χ4n) is 9.27. The Hall–Kier alpha value is -1.93. The van der Waals surface area contributed by atoms with Gasteiger partial charge in [-0.2, -0.15) is 0 Å². The zero-order valence-electron chi connectivity index (χ0n) is 32.2. The maximum atomic E-state index is 14.2. The van der Waals surface area contributed by atoms with Crippen molar-refractivity contribution in [1.29, 1.82) is 0 Å². The molecule has 16 atom stereocenters. The summed E-state index contributed by atoms with van der Waals surface area (Å²) in [6.45, 7) is 14.3. The Balaban J connectivity index is 1.37. The first kappa shape index (κ1) is 39.8. The number of carbonyl (C=O) groups excluding carboxylic acids is 1. The van der Waals surface area contributed by atoms with Crippen molar-refractivity contribution in [2.75, 3.05) is 13.7 Å². The highest BCUT2D eigenvalue weighted by Crippen LogP contribution is 2.48. The molecule has 0 aromatic carbocycles. The van der Waals surface area contributed by atoms with Crippen molar-refractivity contribution in [1.82, 2.24) is 0 Å². The molecule has 0 amide bonds. The fraction of sp³-hybridized carbons (Fsp3) is 0.780. The predicted octanol–water partition coefficient (Wildman–Crippen LogP) is 5.07.